The Kier molecular flexibility index (Phi) is 4.69. The van der Waals surface area contributed by atoms with E-state index in [-0.39, 0.29) is 18.6 Å². The van der Waals surface area contributed by atoms with E-state index in [0.29, 0.717) is 43.0 Å². The van der Waals surface area contributed by atoms with Crippen molar-refractivity contribution in [1.82, 2.24) is 9.80 Å². The minimum absolute atomic E-state index is 0.0120. The van der Waals surface area contributed by atoms with Crippen LogP contribution in [-0.2, 0) is 14.3 Å². The second-order valence-electron chi connectivity index (χ2n) is 6.37. The van der Waals surface area contributed by atoms with Crippen molar-refractivity contribution >= 4 is 18.0 Å². The van der Waals surface area contributed by atoms with Gasteiger partial charge in [0.25, 0.3) is 5.91 Å². The third-order valence-corrected chi connectivity index (χ3v) is 4.80. The van der Waals surface area contributed by atoms with Crippen LogP contribution in [0.4, 0.5) is 4.79 Å². The number of carbonyl (C=O) groups excluding carboxylic acids is 3. The summed E-state index contributed by atoms with van der Waals surface area (Å²) in [7, 11) is 1.29. The van der Waals surface area contributed by atoms with Gasteiger partial charge in [-0.15, -0.1) is 0 Å². The number of amides is 2. The Bertz CT molecular complexity index is 689. The van der Waals surface area contributed by atoms with Crippen LogP contribution in [0.2, 0.25) is 0 Å². The predicted molar refractivity (Wildman–Crippen MR) is 86.1 cm³/mol. The molecule has 0 aliphatic carbocycles. The van der Waals surface area contributed by atoms with Gasteiger partial charge in [0, 0.05) is 19.1 Å². The maximum absolute atomic E-state index is 12.6. The lowest BCUT2D eigenvalue weighted by Gasteiger charge is -2.37. The topological polar surface area (TPSA) is 89.3 Å². The van der Waals surface area contributed by atoms with E-state index < -0.39 is 18.1 Å². The van der Waals surface area contributed by atoms with Crippen molar-refractivity contribution in [1.29, 1.82) is 0 Å². The molecular formula is C17H22N2O6. The zero-order chi connectivity index (χ0) is 18.1. The number of rotatable bonds is 3. The monoisotopic (exact) mass is 350 g/mol. The van der Waals surface area contributed by atoms with Crippen molar-refractivity contribution in [3.8, 4) is 0 Å². The lowest BCUT2D eigenvalue weighted by atomic mass is 10.0. The molecule has 0 unspecified atom stereocenters. The van der Waals surface area contributed by atoms with E-state index in [1.54, 1.807) is 17.9 Å². The maximum Gasteiger partial charge on any atom is 0.410 e. The molecule has 8 nitrogen and oxygen atoms in total. The molecule has 1 atom stereocenters. The van der Waals surface area contributed by atoms with Crippen molar-refractivity contribution in [2.24, 2.45) is 0 Å². The average Bonchev–Trinajstić information content (AvgIpc) is 3.15. The molecular weight excluding hydrogens is 328 g/mol. The van der Waals surface area contributed by atoms with E-state index in [1.165, 1.54) is 12.0 Å². The summed E-state index contributed by atoms with van der Waals surface area (Å²) < 4.78 is 15.2. The number of likely N-dealkylation sites (tertiary alicyclic amines) is 1. The van der Waals surface area contributed by atoms with Gasteiger partial charge in [-0.2, -0.15) is 0 Å². The number of hydrogen-bond donors (Lipinski definition) is 0. The van der Waals surface area contributed by atoms with E-state index in [9.17, 15) is 14.4 Å². The molecule has 2 amide bonds. The summed E-state index contributed by atoms with van der Waals surface area (Å²) in [6.45, 7) is 4.60. The van der Waals surface area contributed by atoms with E-state index in [4.69, 9.17) is 13.9 Å². The van der Waals surface area contributed by atoms with Crippen LogP contribution in [0.15, 0.2) is 10.5 Å². The molecule has 25 heavy (non-hydrogen) atoms. The molecule has 0 saturated carbocycles. The van der Waals surface area contributed by atoms with Gasteiger partial charge in [-0.05, 0) is 32.8 Å². The molecule has 8 heteroatoms. The van der Waals surface area contributed by atoms with Gasteiger partial charge < -0.3 is 18.8 Å². The van der Waals surface area contributed by atoms with Gasteiger partial charge in [0.15, 0.2) is 6.04 Å². The van der Waals surface area contributed by atoms with Gasteiger partial charge in [0.1, 0.15) is 18.1 Å². The minimum atomic E-state index is -0.705. The van der Waals surface area contributed by atoms with Crippen LogP contribution >= 0.6 is 0 Å². The van der Waals surface area contributed by atoms with E-state index in [1.807, 2.05) is 6.92 Å². The molecule has 2 fully saturated rings. The smallest absolute Gasteiger partial charge is 0.410 e. The summed E-state index contributed by atoms with van der Waals surface area (Å²) >= 11 is 0. The standard InChI is InChI=1S/C17H22N2O6/c1-10-8-13(11(2)25-10)15(20)18-6-4-12(5-7-18)19-14(16(21)23-3)9-24-17(19)22/h8,12,14H,4-7,9H2,1-3H3/t14-/m0/s1. The molecule has 1 aromatic heterocycles. The maximum atomic E-state index is 12.6. The van der Waals surface area contributed by atoms with Gasteiger partial charge in [0.2, 0.25) is 0 Å². The number of hydrogen-bond acceptors (Lipinski definition) is 6. The largest absolute Gasteiger partial charge is 0.467 e. The van der Waals surface area contributed by atoms with Gasteiger partial charge in [-0.25, -0.2) is 9.59 Å². The minimum Gasteiger partial charge on any atom is -0.467 e. The summed E-state index contributed by atoms with van der Waals surface area (Å²) in [4.78, 5) is 39.7. The highest BCUT2D eigenvalue weighted by Gasteiger charge is 2.44. The second kappa shape index (κ2) is 6.78. The highest BCUT2D eigenvalue weighted by Crippen LogP contribution is 2.26. The second-order valence-corrected chi connectivity index (χ2v) is 6.37. The van der Waals surface area contributed by atoms with Crippen molar-refractivity contribution in [2.45, 2.75) is 38.8 Å². The Hall–Kier alpha value is -2.51. The summed E-state index contributed by atoms with van der Waals surface area (Å²) in [6, 6.07) is 0.897. The third kappa shape index (κ3) is 3.20. The first-order valence-corrected chi connectivity index (χ1v) is 8.31. The van der Waals surface area contributed by atoms with Crippen LogP contribution in [0.3, 0.4) is 0 Å². The van der Waals surface area contributed by atoms with Crippen molar-refractivity contribution in [3.63, 3.8) is 0 Å². The summed E-state index contributed by atoms with van der Waals surface area (Å²) in [5.74, 6) is 0.769. The molecule has 2 aliphatic rings. The Morgan fingerprint density at radius 1 is 1.24 bits per heavy atom. The lowest BCUT2D eigenvalue weighted by molar-refractivity contribution is -0.145. The molecule has 0 radical (unpaired) electrons. The fourth-order valence-electron chi connectivity index (χ4n) is 3.51. The zero-order valence-corrected chi connectivity index (χ0v) is 14.6. The first-order valence-electron chi connectivity index (χ1n) is 8.31. The van der Waals surface area contributed by atoms with Gasteiger partial charge in [-0.1, -0.05) is 0 Å². The Labute approximate surface area is 145 Å². The number of furan rings is 1. The van der Waals surface area contributed by atoms with Crippen LogP contribution in [-0.4, -0.2) is 66.7 Å². The molecule has 1 aromatic rings. The van der Waals surface area contributed by atoms with Crippen molar-refractivity contribution in [3.05, 3.63) is 23.2 Å². The van der Waals surface area contributed by atoms with E-state index in [2.05, 4.69) is 0 Å². The number of esters is 1. The first kappa shape index (κ1) is 17.3. The number of piperidine rings is 1. The van der Waals surface area contributed by atoms with Gasteiger partial charge >= 0.3 is 12.1 Å². The fourth-order valence-corrected chi connectivity index (χ4v) is 3.51. The number of carbonyl (C=O) groups is 3. The highest BCUT2D eigenvalue weighted by molar-refractivity contribution is 5.95. The Balaban J connectivity index is 1.65. The summed E-state index contributed by atoms with van der Waals surface area (Å²) in [6.07, 6.45) is 0.676. The summed E-state index contributed by atoms with van der Waals surface area (Å²) in [5, 5.41) is 0. The lowest BCUT2D eigenvalue weighted by Crippen LogP contribution is -2.52. The number of methoxy groups -OCH3 is 1. The molecule has 0 N–H and O–H groups in total. The van der Waals surface area contributed by atoms with E-state index >= 15 is 0 Å². The third-order valence-electron chi connectivity index (χ3n) is 4.80. The SMILES string of the molecule is COC(=O)[C@@H]1COC(=O)N1C1CCN(C(=O)c2cc(C)oc2C)CC1. The van der Waals surface area contributed by atoms with Crippen LogP contribution in [0.1, 0.15) is 34.7 Å². The first-order chi connectivity index (χ1) is 11.9. The van der Waals surface area contributed by atoms with Crippen LogP contribution < -0.4 is 0 Å². The highest BCUT2D eigenvalue weighted by atomic mass is 16.6. The molecule has 0 aromatic carbocycles. The number of cyclic esters (lactones) is 1. The zero-order valence-electron chi connectivity index (χ0n) is 14.6. The van der Waals surface area contributed by atoms with E-state index in [0.717, 1.165) is 0 Å². The Morgan fingerprint density at radius 3 is 2.48 bits per heavy atom. The molecule has 2 aliphatic heterocycles. The van der Waals surface area contributed by atoms with Crippen molar-refractivity contribution < 1.29 is 28.3 Å². The number of nitrogens with zero attached hydrogens (tertiary/aromatic N) is 2. The van der Waals surface area contributed by atoms with Gasteiger partial charge in [0.05, 0.1) is 12.7 Å². The molecule has 0 spiro atoms. The molecule has 3 rings (SSSR count). The van der Waals surface area contributed by atoms with Crippen LogP contribution in [0.25, 0.3) is 0 Å². The number of aryl methyl sites for hydroxylation is 2. The van der Waals surface area contributed by atoms with Gasteiger partial charge in [-0.3, -0.25) is 9.69 Å². The predicted octanol–water partition coefficient (Wildman–Crippen LogP) is 1.49. The molecule has 2 saturated heterocycles. The summed E-state index contributed by atoms with van der Waals surface area (Å²) in [5.41, 5.74) is 0.573. The normalized spacial score (nSPS) is 21.4. The van der Waals surface area contributed by atoms with Crippen LogP contribution in [0, 0.1) is 13.8 Å². The molecule has 136 valence electrons. The quantitative estimate of drug-likeness (QED) is 0.768. The molecule has 3 heterocycles. The Morgan fingerprint density at radius 2 is 1.92 bits per heavy atom. The van der Waals surface area contributed by atoms with Crippen LogP contribution in [0.5, 0.6) is 0 Å². The fraction of sp³-hybridized carbons (Fsp3) is 0.588. The average molecular weight is 350 g/mol. The molecule has 0 bridgehead atoms. The number of ether oxygens (including phenoxy) is 2. The van der Waals surface area contributed by atoms with Crippen molar-refractivity contribution in [2.75, 3.05) is 26.8 Å².